The summed E-state index contributed by atoms with van der Waals surface area (Å²) in [7, 11) is 0. The zero-order chi connectivity index (χ0) is 8.27. The Balaban J connectivity index is 2.50. The number of aromatic amines is 1. The number of carbonyl (C=O) groups is 1. The summed E-state index contributed by atoms with van der Waals surface area (Å²) in [4.78, 5) is 14.0. The molecule has 0 radical (unpaired) electrons. The Labute approximate surface area is 62.4 Å². The van der Waals surface area contributed by atoms with Crippen molar-refractivity contribution in [1.82, 2.24) is 15.2 Å². The average Bonchev–Trinajstić information content (AvgIpc) is 2.39. The second-order valence-electron chi connectivity index (χ2n) is 2.06. The van der Waals surface area contributed by atoms with E-state index in [0.717, 1.165) is 0 Å². The lowest BCUT2D eigenvalue weighted by Crippen LogP contribution is -2.32. The predicted molar refractivity (Wildman–Crippen MR) is 35.7 cm³/mol. The summed E-state index contributed by atoms with van der Waals surface area (Å²) >= 11 is 0. The number of carboxylic acids is 1. The fraction of sp³-hybridized carbons (Fsp3) is 0.400. The summed E-state index contributed by atoms with van der Waals surface area (Å²) < 4.78 is 0. The maximum absolute atomic E-state index is 10.2. The Kier molecular flexibility index (Phi) is 2.17. The second-order valence-corrected chi connectivity index (χ2v) is 2.06. The summed E-state index contributed by atoms with van der Waals surface area (Å²) in [5.74, 6) is -0.630. The summed E-state index contributed by atoms with van der Waals surface area (Å²) in [6.45, 7) is 0. The van der Waals surface area contributed by atoms with E-state index in [-0.39, 0.29) is 6.42 Å². The highest BCUT2D eigenvalue weighted by atomic mass is 16.4. The minimum atomic E-state index is -1.05. The first-order chi connectivity index (χ1) is 5.20. The third-order valence-corrected chi connectivity index (χ3v) is 1.18. The Morgan fingerprint density at radius 2 is 2.64 bits per heavy atom. The standard InChI is InChI=1S/C5H8N4O2/c6-3(5(10)11)1-4-7-2-8-9-4/h2-3H,1,6H2,(H,10,11)(H,7,8,9)/t3-/m0/s1. The molecule has 0 aliphatic rings. The molecule has 4 N–H and O–H groups in total. The number of nitrogens with two attached hydrogens (primary N) is 1. The number of aliphatic carboxylic acids is 1. The maximum Gasteiger partial charge on any atom is 0.320 e. The maximum atomic E-state index is 10.2. The van der Waals surface area contributed by atoms with Crippen molar-refractivity contribution in [2.45, 2.75) is 12.5 Å². The zero-order valence-corrected chi connectivity index (χ0v) is 5.69. The number of H-pyrrole nitrogens is 1. The molecule has 11 heavy (non-hydrogen) atoms. The highest BCUT2D eigenvalue weighted by molar-refractivity contribution is 5.73. The van der Waals surface area contributed by atoms with E-state index < -0.39 is 12.0 Å². The highest BCUT2D eigenvalue weighted by Crippen LogP contribution is 1.91. The van der Waals surface area contributed by atoms with Crippen LogP contribution in [0.5, 0.6) is 0 Å². The van der Waals surface area contributed by atoms with Crippen molar-refractivity contribution < 1.29 is 9.90 Å². The molecule has 1 aromatic rings. The topological polar surface area (TPSA) is 105 Å². The molecule has 1 atom stereocenters. The Hall–Kier alpha value is -1.43. The first-order valence-corrected chi connectivity index (χ1v) is 3.03. The molecular weight excluding hydrogens is 148 g/mol. The minimum Gasteiger partial charge on any atom is -0.480 e. The van der Waals surface area contributed by atoms with Gasteiger partial charge in [-0.15, -0.1) is 0 Å². The summed E-state index contributed by atoms with van der Waals surface area (Å²) in [5.41, 5.74) is 5.21. The first kappa shape index (κ1) is 7.67. The quantitative estimate of drug-likeness (QED) is 0.507. The van der Waals surface area contributed by atoms with Crippen molar-refractivity contribution in [2.24, 2.45) is 5.73 Å². The molecule has 0 aromatic carbocycles. The number of rotatable bonds is 3. The van der Waals surface area contributed by atoms with Gasteiger partial charge in [0.15, 0.2) is 5.82 Å². The van der Waals surface area contributed by atoms with Crippen molar-refractivity contribution >= 4 is 5.97 Å². The van der Waals surface area contributed by atoms with Crippen molar-refractivity contribution in [3.8, 4) is 0 Å². The Morgan fingerprint density at radius 3 is 3.09 bits per heavy atom. The molecule has 0 saturated heterocycles. The molecule has 1 aromatic heterocycles. The lowest BCUT2D eigenvalue weighted by atomic mass is 10.2. The van der Waals surface area contributed by atoms with Gasteiger partial charge in [-0.1, -0.05) is 0 Å². The molecule has 0 aliphatic carbocycles. The smallest absolute Gasteiger partial charge is 0.320 e. The predicted octanol–water partition coefficient (Wildman–Crippen LogP) is -1.24. The van der Waals surface area contributed by atoms with Crippen LogP contribution in [-0.4, -0.2) is 32.3 Å². The lowest BCUT2D eigenvalue weighted by molar-refractivity contribution is -0.138. The van der Waals surface area contributed by atoms with Gasteiger partial charge in [-0.05, 0) is 0 Å². The van der Waals surface area contributed by atoms with Gasteiger partial charge in [-0.2, -0.15) is 5.10 Å². The van der Waals surface area contributed by atoms with E-state index in [1.165, 1.54) is 6.33 Å². The molecule has 0 saturated carbocycles. The van der Waals surface area contributed by atoms with Crippen LogP contribution in [0.25, 0.3) is 0 Å². The van der Waals surface area contributed by atoms with Crippen LogP contribution in [-0.2, 0) is 11.2 Å². The van der Waals surface area contributed by atoms with Gasteiger partial charge < -0.3 is 10.8 Å². The minimum absolute atomic E-state index is 0.152. The lowest BCUT2D eigenvalue weighted by Gasteiger charge is -2.00. The van der Waals surface area contributed by atoms with E-state index in [9.17, 15) is 4.79 Å². The van der Waals surface area contributed by atoms with E-state index in [4.69, 9.17) is 10.8 Å². The van der Waals surface area contributed by atoms with Crippen LogP contribution in [0.3, 0.4) is 0 Å². The number of hydrogen-bond donors (Lipinski definition) is 3. The van der Waals surface area contributed by atoms with Crippen LogP contribution in [0.15, 0.2) is 6.33 Å². The van der Waals surface area contributed by atoms with Gasteiger partial charge in [0.2, 0.25) is 0 Å². The van der Waals surface area contributed by atoms with Crippen LogP contribution in [0, 0.1) is 0 Å². The SMILES string of the molecule is N[C@@H](Cc1nc[nH]n1)C(=O)O. The van der Waals surface area contributed by atoms with Crippen LogP contribution in [0.2, 0.25) is 0 Å². The highest BCUT2D eigenvalue weighted by Gasteiger charge is 2.13. The van der Waals surface area contributed by atoms with Crippen molar-refractivity contribution in [3.63, 3.8) is 0 Å². The monoisotopic (exact) mass is 156 g/mol. The summed E-state index contributed by atoms with van der Waals surface area (Å²) in [5, 5.41) is 14.5. The molecule has 0 amide bonds. The molecular formula is C5H8N4O2. The van der Waals surface area contributed by atoms with E-state index in [1.54, 1.807) is 0 Å². The summed E-state index contributed by atoms with van der Waals surface area (Å²) in [6, 6.07) is -0.925. The number of aromatic nitrogens is 3. The van der Waals surface area contributed by atoms with Crippen LogP contribution < -0.4 is 5.73 Å². The summed E-state index contributed by atoms with van der Waals surface area (Å²) in [6.07, 6.45) is 1.53. The van der Waals surface area contributed by atoms with E-state index in [2.05, 4.69) is 15.2 Å². The molecule has 0 bridgehead atoms. The van der Waals surface area contributed by atoms with E-state index in [0.29, 0.717) is 5.82 Å². The average molecular weight is 156 g/mol. The fourth-order valence-corrected chi connectivity index (χ4v) is 0.618. The second kappa shape index (κ2) is 3.11. The normalized spacial score (nSPS) is 12.8. The number of nitrogens with zero attached hydrogens (tertiary/aromatic N) is 2. The molecule has 6 heteroatoms. The fourth-order valence-electron chi connectivity index (χ4n) is 0.618. The van der Waals surface area contributed by atoms with Crippen molar-refractivity contribution in [3.05, 3.63) is 12.2 Å². The van der Waals surface area contributed by atoms with Gasteiger partial charge in [0.05, 0.1) is 0 Å². The third kappa shape index (κ3) is 2.01. The molecule has 0 aliphatic heterocycles. The van der Waals surface area contributed by atoms with Crippen LogP contribution >= 0.6 is 0 Å². The van der Waals surface area contributed by atoms with Gasteiger partial charge in [0, 0.05) is 6.42 Å². The number of nitrogens with one attached hydrogen (secondary N) is 1. The molecule has 0 fully saturated rings. The molecule has 60 valence electrons. The molecule has 1 heterocycles. The first-order valence-electron chi connectivity index (χ1n) is 3.03. The van der Waals surface area contributed by atoms with Gasteiger partial charge in [-0.25, -0.2) is 4.98 Å². The van der Waals surface area contributed by atoms with Gasteiger partial charge >= 0.3 is 5.97 Å². The van der Waals surface area contributed by atoms with Gasteiger partial charge in [0.25, 0.3) is 0 Å². The van der Waals surface area contributed by atoms with Gasteiger partial charge in [-0.3, -0.25) is 9.89 Å². The Morgan fingerprint density at radius 1 is 1.91 bits per heavy atom. The molecule has 0 unspecified atom stereocenters. The van der Waals surface area contributed by atoms with Gasteiger partial charge in [0.1, 0.15) is 12.4 Å². The molecule has 6 nitrogen and oxygen atoms in total. The van der Waals surface area contributed by atoms with Crippen molar-refractivity contribution in [1.29, 1.82) is 0 Å². The van der Waals surface area contributed by atoms with Crippen LogP contribution in [0.1, 0.15) is 5.82 Å². The Bertz CT molecular complexity index is 233. The third-order valence-electron chi connectivity index (χ3n) is 1.18. The zero-order valence-electron chi connectivity index (χ0n) is 5.69. The number of hydrogen-bond acceptors (Lipinski definition) is 4. The van der Waals surface area contributed by atoms with E-state index >= 15 is 0 Å². The number of carboxylic acid groups (broad SMARTS) is 1. The van der Waals surface area contributed by atoms with E-state index in [1.807, 2.05) is 0 Å². The molecule has 1 rings (SSSR count). The molecule has 0 spiro atoms. The van der Waals surface area contributed by atoms with Crippen molar-refractivity contribution in [2.75, 3.05) is 0 Å². The van der Waals surface area contributed by atoms with Crippen LogP contribution in [0.4, 0.5) is 0 Å². The largest absolute Gasteiger partial charge is 0.480 e.